The summed E-state index contributed by atoms with van der Waals surface area (Å²) in [4.78, 5) is 16.8. The van der Waals surface area contributed by atoms with Gasteiger partial charge in [-0.2, -0.15) is 0 Å². The summed E-state index contributed by atoms with van der Waals surface area (Å²) in [6.45, 7) is 0. The maximum absolute atomic E-state index is 5.15. The lowest BCUT2D eigenvalue weighted by atomic mass is 10.0. The number of aromatic nitrogens is 4. The van der Waals surface area contributed by atoms with Crippen LogP contribution in [0.25, 0.3) is 83.6 Å². The molecule has 0 fully saturated rings. The third kappa shape index (κ3) is 6.97. The number of fused-ring (bicyclic) bond motifs is 3. The minimum Gasteiger partial charge on any atom is -0.311 e. The molecule has 0 aliphatic carbocycles. The number of hydrogen-bond acceptors (Lipinski definition) is 4. The smallest absolute Gasteiger partial charge is 0.160 e. The van der Waals surface area contributed by atoms with Crippen molar-refractivity contribution in [3.05, 3.63) is 237 Å². The van der Waals surface area contributed by atoms with Gasteiger partial charge in [-0.15, -0.1) is 0 Å². The SMILES string of the molecule is c1ccc(-c2cc(-c3ccc(-n4c5ccccc5c5cc(-c6ccc(N(c7ccccc7)c7ccccc7)cc6)ccc54)cc3)nc(-c3ccc(-c4cccnc4)cc3)n2)cc1. The average molecular weight is 794 g/mol. The van der Waals surface area contributed by atoms with Crippen molar-refractivity contribution in [3.8, 4) is 61.8 Å². The molecule has 62 heavy (non-hydrogen) atoms. The molecule has 0 atom stereocenters. The zero-order valence-corrected chi connectivity index (χ0v) is 33.8. The number of rotatable bonds is 9. The zero-order valence-electron chi connectivity index (χ0n) is 33.8. The molecule has 0 spiro atoms. The van der Waals surface area contributed by atoms with Crippen LogP contribution in [0.4, 0.5) is 17.1 Å². The van der Waals surface area contributed by atoms with E-state index in [-0.39, 0.29) is 0 Å². The molecule has 3 heterocycles. The predicted octanol–water partition coefficient (Wildman–Crippen LogP) is 14.8. The molecule has 0 bridgehead atoms. The van der Waals surface area contributed by atoms with Crippen molar-refractivity contribution in [2.24, 2.45) is 0 Å². The van der Waals surface area contributed by atoms with Crippen LogP contribution in [-0.2, 0) is 0 Å². The second-order valence-corrected chi connectivity index (χ2v) is 15.3. The molecule has 11 aromatic rings. The topological polar surface area (TPSA) is 46.8 Å². The van der Waals surface area contributed by atoms with Crippen LogP contribution in [0.1, 0.15) is 0 Å². The first-order valence-electron chi connectivity index (χ1n) is 20.8. The molecule has 11 rings (SSSR count). The van der Waals surface area contributed by atoms with Crippen molar-refractivity contribution in [1.29, 1.82) is 0 Å². The van der Waals surface area contributed by atoms with E-state index in [9.17, 15) is 0 Å². The van der Waals surface area contributed by atoms with Crippen LogP contribution >= 0.6 is 0 Å². The highest BCUT2D eigenvalue weighted by Crippen LogP contribution is 2.38. The Morgan fingerprint density at radius 1 is 0.339 bits per heavy atom. The summed E-state index contributed by atoms with van der Waals surface area (Å²) in [6, 6.07) is 79.0. The van der Waals surface area contributed by atoms with E-state index in [0.29, 0.717) is 5.82 Å². The predicted molar refractivity (Wildman–Crippen MR) is 256 cm³/mol. The third-order valence-corrected chi connectivity index (χ3v) is 11.5. The molecular weight excluding hydrogens is 755 g/mol. The molecule has 0 aliphatic rings. The molecule has 8 aromatic carbocycles. The number of hydrogen-bond donors (Lipinski definition) is 0. The molecule has 0 aliphatic heterocycles. The Kier molecular flexibility index (Phi) is 9.45. The van der Waals surface area contributed by atoms with Gasteiger partial charge in [-0.05, 0) is 101 Å². The highest BCUT2D eigenvalue weighted by atomic mass is 15.1. The Morgan fingerprint density at radius 3 is 1.50 bits per heavy atom. The Balaban J connectivity index is 0.938. The fourth-order valence-corrected chi connectivity index (χ4v) is 8.44. The summed E-state index contributed by atoms with van der Waals surface area (Å²) in [5.41, 5.74) is 16.0. The van der Waals surface area contributed by atoms with E-state index < -0.39 is 0 Å². The molecular formula is C57H39N5. The summed E-state index contributed by atoms with van der Waals surface area (Å²) in [6.07, 6.45) is 3.67. The molecule has 0 N–H and O–H groups in total. The number of nitrogens with zero attached hydrogens (tertiary/aromatic N) is 5. The largest absolute Gasteiger partial charge is 0.311 e. The first-order chi connectivity index (χ1) is 30.7. The lowest BCUT2D eigenvalue weighted by Crippen LogP contribution is -2.09. The van der Waals surface area contributed by atoms with E-state index in [1.54, 1.807) is 6.20 Å². The quantitative estimate of drug-likeness (QED) is 0.146. The fraction of sp³-hybridized carbons (Fsp3) is 0. The fourth-order valence-electron chi connectivity index (χ4n) is 8.44. The van der Waals surface area contributed by atoms with Gasteiger partial charge < -0.3 is 9.47 Å². The monoisotopic (exact) mass is 793 g/mol. The van der Waals surface area contributed by atoms with Crippen LogP contribution in [-0.4, -0.2) is 19.5 Å². The Labute approximate surface area is 360 Å². The minimum atomic E-state index is 0.681. The van der Waals surface area contributed by atoms with Crippen molar-refractivity contribution < 1.29 is 0 Å². The number of anilines is 3. The summed E-state index contributed by atoms with van der Waals surface area (Å²) >= 11 is 0. The molecule has 0 saturated carbocycles. The maximum Gasteiger partial charge on any atom is 0.160 e. The standard InChI is InChI=1S/C57H39N5/c1-4-13-42(14-5-1)53-38-54(60-57(59-53)44-24-22-41(23-25-44)46-15-12-36-58-39-46)43-28-33-50(34-29-43)62-55-21-11-10-20-51(55)52-37-45(30-35-56(52)62)40-26-31-49(32-27-40)61(47-16-6-2-7-17-47)48-18-8-3-9-19-48/h1-39H. The van der Waals surface area contributed by atoms with Crippen LogP contribution in [0.5, 0.6) is 0 Å². The summed E-state index contributed by atoms with van der Waals surface area (Å²) < 4.78 is 2.36. The van der Waals surface area contributed by atoms with Crippen LogP contribution in [0.3, 0.4) is 0 Å². The van der Waals surface area contributed by atoms with E-state index >= 15 is 0 Å². The van der Waals surface area contributed by atoms with Crippen LogP contribution < -0.4 is 4.90 Å². The van der Waals surface area contributed by atoms with Gasteiger partial charge in [-0.3, -0.25) is 4.98 Å². The van der Waals surface area contributed by atoms with Crippen LogP contribution in [0.2, 0.25) is 0 Å². The van der Waals surface area contributed by atoms with E-state index in [1.165, 1.54) is 21.9 Å². The molecule has 5 heteroatoms. The maximum atomic E-state index is 5.15. The second-order valence-electron chi connectivity index (χ2n) is 15.3. The Hall–Kier alpha value is -8.41. The van der Waals surface area contributed by atoms with Gasteiger partial charge >= 0.3 is 0 Å². The van der Waals surface area contributed by atoms with Gasteiger partial charge in [-0.25, -0.2) is 9.97 Å². The highest BCUT2D eigenvalue weighted by molar-refractivity contribution is 6.10. The van der Waals surface area contributed by atoms with Crippen molar-refractivity contribution in [2.45, 2.75) is 0 Å². The average Bonchev–Trinajstić information content (AvgIpc) is 3.69. The summed E-state index contributed by atoms with van der Waals surface area (Å²) in [7, 11) is 0. The lowest BCUT2D eigenvalue weighted by molar-refractivity contribution is 1.17. The van der Waals surface area contributed by atoms with E-state index in [2.05, 4.69) is 215 Å². The molecule has 3 aromatic heterocycles. The van der Waals surface area contributed by atoms with Gasteiger partial charge in [0.2, 0.25) is 0 Å². The van der Waals surface area contributed by atoms with Crippen molar-refractivity contribution >= 4 is 38.9 Å². The van der Waals surface area contributed by atoms with Crippen molar-refractivity contribution in [3.63, 3.8) is 0 Å². The van der Waals surface area contributed by atoms with Gasteiger partial charge in [-0.1, -0.05) is 146 Å². The van der Waals surface area contributed by atoms with Gasteiger partial charge in [0.25, 0.3) is 0 Å². The second kappa shape index (κ2) is 16.0. The Morgan fingerprint density at radius 2 is 0.839 bits per heavy atom. The molecule has 0 unspecified atom stereocenters. The van der Waals surface area contributed by atoms with Crippen LogP contribution in [0, 0.1) is 0 Å². The van der Waals surface area contributed by atoms with Gasteiger partial charge in [0.15, 0.2) is 5.82 Å². The van der Waals surface area contributed by atoms with Crippen molar-refractivity contribution in [1.82, 2.24) is 19.5 Å². The normalized spacial score (nSPS) is 11.2. The molecule has 292 valence electrons. The first kappa shape index (κ1) is 36.7. The van der Waals surface area contributed by atoms with Gasteiger partial charge in [0.05, 0.1) is 22.4 Å². The molecule has 0 saturated heterocycles. The summed E-state index contributed by atoms with van der Waals surface area (Å²) in [5.74, 6) is 0.681. The van der Waals surface area contributed by atoms with Gasteiger partial charge in [0.1, 0.15) is 0 Å². The van der Waals surface area contributed by atoms with E-state index in [0.717, 1.165) is 73.0 Å². The summed E-state index contributed by atoms with van der Waals surface area (Å²) in [5, 5.41) is 2.43. The van der Waals surface area contributed by atoms with Gasteiger partial charge in [0, 0.05) is 62.6 Å². The highest BCUT2D eigenvalue weighted by Gasteiger charge is 2.17. The number of pyridine rings is 1. The zero-order chi connectivity index (χ0) is 41.2. The molecule has 5 nitrogen and oxygen atoms in total. The molecule has 0 amide bonds. The van der Waals surface area contributed by atoms with E-state index in [4.69, 9.17) is 9.97 Å². The Bertz CT molecular complexity index is 3250. The number of benzene rings is 8. The molecule has 0 radical (unpaired) electrons. The lowest BCUT2D eigenvalue weighted by Gasteiger charge is -2.25. The van der Waals surface area contributed by atoms with Crippen molar-refractivity contribution in [2.75, 3.05) is 4.90 Å². The van der Waals surface area contributed by atoms with Crippen LogP contribution in [0.15, 0.2) is 237 Å². The minimum absolute atomic E-state index is 0.681. The third-order valence-electron chi connectivity index (χ3n) is 11.5. The first-order valence-corrected chi connectivity index (χ1v) is 20.8. The number of para-hydroxylation sites is 3. The van der Waals surface area contributed by atoms with E-state index in [1.807, 2.05) is 30.5 Å².